The first-order valence-electron chi connectivity index (χ1n) is 8.55. The Balaban J connectivity index is 1.61. The van der Waals surface area contributed by atoms with E-state index in [0.29, 0.717) is 17.9 Å². The molecule has 4 N–H and O–H groups in total. The Kier molecular flexibility index (Phi) is 3.00. The summed E-state index contributed by atoms with van der Waals surface area (Å²) in [6.45, 7) is 0.596. The molecule has 0 aliphatic carbocycles. The lowest BCUT2D eigenvalue weighted by molar-refractivity contribution is 0.0985. The number of carbonyl (C=O) groups is 1. The van der Waals surface area contributed by atoms with Crippen LogP contribution in [0.5, 0.6) is 5.75 Å². The van der Waals surface area contributed by atoms with Gasteiger partial charge in [0, 0.05) is 34.6 Å². The van der Waals surface area contributed by atoms with Gasteiger partial charge in [-0.1, -0.05) is 24.3 Å². The zero-order valence-electron chi connectivity index (χ0n) is 14.0. The Labute approximate surface area is 149 Å². The average Bonchev–Trinajstić information content (AvgIpc) is 3.25. The van der Waals surface area contributed by atoms with Gasteiger partial charge >= 0.3 is 0 Å². The maximum atomic E-state index is 13.1. The van der Waals surface area contributed by atoms with E-state index in [4.69, 9.17) is 5.73 Å². The normalized spacial score (nSPS) is 13.5. The summed E-state index contributed by atoms with van der Waals surface area (Å²) in [5.41, 5.74) is 9.78. The molecule has 1 aromatic heterocycles. The van der Waals surface area contributed by atoms with Gasteiger partial charge in [-0.3, -0.25) is 4.79 Å². The van der Waals surface area contributed by atoms with Gasteiger partial charge in [-0.05, 0) is 41.6 Å². The molecule has 26 heavy (non-hydrogen) atoms. The lowest BCUT2D eigenvalue weighted by atomic mass is 10.0. The summed E-state index contributed by atoms with van der Waals surface area (Å²) < 4.78 is 0. The van der Waals surface area contributed by atoms with Gasteiger partial charge in [0.05, 0.1) is 5.69 Å². The van der Waals surface area contributed by atoms with Crippen molar-refractivity contribution in [1.82, 2.24) is 4.98 Å². The molecule has 1 aliphatic rings. The lowest BCUT2D eigenvalue weighted by Gasteiger charge is -2.17. The topological polar surface area (TPSA) is 82.4 Å². The maximum Gasteiger partial charge on any atom is 0.274 e. The summed E-state index contributed by atoms with van der Waals surface area (Å²) in [7, 11) is 0. The van der Waals surface area contributed by atoms with Crippen LogP contribution in [0.25, 0.3) is 21.7 Å². The lowest BCUT2D eigenvalue weighted by Crippen LogP contribution is -2.29. The van der Waals surface area contributed by atoms with Crippen LogP contribution in [0.1, 0.15) is 16.1 Å². The zero-order chi connectivity index (χ0) is 17.8. The molecule has 2 heterocycles. The summed E-state index contributed by atoms with van der Waals surface area (Å²) in [5, 5.41) is 13.1. The van der Waals surface area contributed by atoms with Crippen molar-refractivity contribution in [2.24, 2.45) is 0 Å². The average molecular weight is 343 g/mol. The molecule has 0 spiro atoms. The second kappa shape index (κ2) is 5.26. The fourth-order valence-corrected chi connectivity index (χ4v) is 3.87. The molecule has 1 amide bonds. The molecule has 0 bridgehead atoms. The summed E-state index contributed by atoms with van der Waals surface area (Å²) in [6, 6.07) is 16.8. The number of carbonyl (C=O) groups excluding carboxylic acids is 1. The molecule has 0 fully saturated rings. The highest BCUT2D eigenvalue weighted by molar-refractivity contribution is 6.11. The molecule has 5 nitrogen and oxygen atoms in total. The van der Waals surface area contributed by atoms with Crippen LogP contribution in [-0.2, 0) is 6.42 Å². The van der Waals surface area contributed by atoms with Crippen molar-refractivity contribution in [3.63, 3.8) is 0 Å². The summed E-state index contributed by atoms with van der Waals surface area (Å²) in [6.07, 6.45) is 0.773. The molecule has 0 atom stereocenters. The molecule has 5 heteroatoms. The Morgan fingerprint density at radius 2 is 1.88 bits per heavy atom. The van der Waals surface area contributed by atoms with Gasteiger partial charge in [0.25, 0.3) is 5.91 Å². The SMILES string of the molecule is Nc1ccc2[nH]c(C(=O)N3CCc4c3cc(O)c3ccccc43)cc2c1. The number of anilines is 2. The Bertz CT molecular complexity index is 1190. The van der Waals surface area contributed by atoms with E-state index in [-0.39, 0.29) is 11.7 Å². The van der Waals surface area contributed by atoms with E-state index < -0.39 is 0 Å². The molecule has 0 saturated carbocycles. The molecule has 0 radical (unpaired) electrons. The largest absolute Gasteiger partial charge is 0.507 e. The molecule has 4 aromatic rings. The van der Waals surface area contributed by atoms with E-state index in [2.05, 4.69) is 4.98 Å². The van der Waals surface area contributed by atoms with E-state index in [9.17, 15) is 9.90 Å². The molecule has 5 rings (SSSR count). The zero-order valence-corrected chi connectivity index (χ0v) is 14.0. The number of hydrogen-bond acceptors (Lipinski definition) is 3. The first kappa shape index (κ1) is 14.8. The number of nitrogens with zero attached hydrogens (tertiary/aromatic N) is 1. The van der Waals surface area contributed by atoms with E-state index in [1.165, 1.54) is 0 Å². The summed E-state index contributed by atoms with van der Waals surface area (Å²) in [5.74, 6) is 0.0941. The van der Waals surface area contributed by atoms with E-state index in [1.807, 2.05) is 48.5 Å². The van der Waals surface area contributed by atoms with E-state index >= 15 is 0 Å². The van der Waals surface area contributed by atoms with Crippen molar-refractivity contribution in [1.29, 1.82) is 0 Å². The molecular weight excluding hydrogens is 326 g/mol. The summed E-state index contributed by atoms with van der Waals surface area (Å²) >= 11 is 0. The number of aromatic amines is 1. The Morgan fingerprint density at radius 1 is 1.08 bits per heavy atom. The standard InChI is InChI=1S/C21H17N3O2/c22-13-5-6-17-12(9-13)10-18(23-17)21(26)24-8-7-15-14-3-1-2-4-16(14)20(25)11-19(15)24/h1-6,9-11,23,25H,7-8,22H2. The van der Waals surface area contributed by atoms with Gasteiger partial charge in [-0.25, -0.2) is 0 Å². The quantitative estimate of drug-likeness (QED) is 0.460. The second-order valence-corrected chi connectivity index (χ2v) is 6.68. The van der Waals surface area contributed by atoms with Crippen LogP contribution in [0.4, 0.5) is 11.4 Å². The number of benzene rings is 3. The van der Waals surface area contributed by atoms with Crippen LogP contribution in [0.15, 0.2) is 54.6 Å². The number of nitrogens with two attached hydrogens (primary N) is 1. The minimum atomic E-state index is -0.104. The number of aromatic hydroxyl groups is 1. The number of nitrogen functional groups attached to an aromatic ring is 1. The smallest absolute Gasteiger partial charge is 0.274 e. The minimum Gasteiger partial charge on any atom is -0.507 e. The molecule has 0 saturated heterocycles. The Morgan fingerprint density at radius 3 is 2.73 bits per heavy atom. The highest BCUT2D eigenvalue weighted by atomic mass is 16.3. The van der Waals surface area contributed by atoms with Crippen LogP contribution < -0.4 is 10.6 Å². The van der Waals surface area contributed by atoms with E-state index in [1.54, 1.807) is 11.0 Å². The van der Waals surface area contributed by atoms with Gasteiger partial charge in [0.2, 0.25) is 0 Å². The number of aromatic nitrogens is 1. The third-order valence-corrected chi connectivity index (χ3v) is 5.11. The number of phenols is 1. The fourth-order valence-electron chi connectivity index (χ4n) is 3.87. The van der Waals surface area contributed by atoms with Crippen molar-refractivity contribution in [2.45, 2.75) is 6.42 Å². The third-order valence-electron chi connectivity index (χ3n) is 5.11. The first-order chi connectivity index (χ1) is 12.6. The highest BCUT2D eigenvalue weighted by Crippen LogP contribution is 2.40. The maximum absolute atomic E-state index is 13.1. The van der Waals surface area contributed by atoms with Crippen molar-refractivity contribution in [3.8, 4) is 5.75 Å². The number of amides is 1. The predicted octanol–water partition coefficient (Wildman–Crippen LogP) is 3.81. The molecule has 128 valence electrons. The van der Waals surface area contributed by atoms with Crippen LogP contribution in [0, 0.1) is 0 Å². The summed E-state index contributed by atoms with van der Waals surface area (Å²) in [4.78, 5) is 18.0. The second-order valence-electron chi connectivity index (χ2n) is 6.68. The number of phenolic OH excluding ortho intramolecular Hbond substituents is 1. The van der Waals surface area contributed by atoms with Crippen molar-refractivity contribution in [3.05, 3.63) is 65.9 Å². The number of H-pyrrole nitrogens is 1. The number of fused-ring (bicyclic) bond motifs is 4. The first-order valence-corrected chi connectivity index (χ1v) is 8.55. The van der Waals surface area contributed by atoms with Gasteiger partial charge in [0.1, 0.15) is 11.4 Å². The molecular formula is C21H17N3O2. The van der Waals surface area contributed by atoms with Gasteiger partial charge in [-0.15, -0.1) is 0 Å². The number of hydrogen-bond donors (Lipinski definition) is 3. The van der Waals surface area contributed by atoms with Crippen LogP contribution in [0.2, 0.25) is 0 Å². The van der Waals surface area contributed by atoms with Gasteiger partial charge < -0.3 is 20.7 Å². The molecule has 0 unspecified atom stereocenters. The third kappa shape index (κ3) is 2.07. The fraction of sp³-hybridized carbons (Fsp3) is 0.0952. The molecule has 1 aliphatic heterocycles. The monoisotopic (exact) mass is 343 g/mol. The Hall–Kier alpha value is -3.47. The van der Waals surface area contributed by atoms with Crippen LogP contribution >= 0.6 is 0 Å². The molecule has 3 aromatic carbocycles. The van der Waals surface area contributed by atoms with Gasteiger partial charge in [-0.2, -0.15) is 0 Å². The minimum absolute atomic E-state index is 0.104. The van der Waals surface area contributed by atoms with Crippen LogP contribution in [-0.4, -0.2) is 22.5 Å². The van der Waals surface area contributed by atoms with Gasteiger partial charge in [0.15, 0.2) is 0 Å². The predicted molar refractivity (Wildman–Crippen MR) is 104 cm³/mol. The highest BCUT2D eigenvalue weighted by Gasteiger charge is 2.29. The van der Waals surface area contributed by atoms with E-state index in [0.717, 1.165) is 39.3 Å². The number of rotatable bonds is 1. The van der Waals surface area contributed by atoms with Crippen molar-refractivity contribution >= 4 is 39.0 Å². The van der Waals surface area contributed by atoms with Crippen LogP contribution in [0.3, 0.4) is 0 Å². The van der Waals surface area contributed by atoms with Crippen molar-refractivity contribution < 1.29 is 9.90 Å². The number of nitrogens with one attached hydrogen (secondary N) is 1. The van der Waals surface area contributed by atoms with Crippen molar-refractivity contribution in [2.75, 3.05) is 17.2 Å².